The second-order valence-electron chi connectivity index (χ2n) is 5.45. The fraction of sp³-hybridized carbons (Fsp3) is 0.438. The first-order valence-corrected chi connectivity index (χ1v) is 7.25. The molecule has 1 saturated carbocycles. The Morgan fingerprint density at radius 3 is 2.75 bits per heavy atom. The second kappa shape index (κ2) is 5.57. The van der Waals surface area contributed by atoms with Crippen LogP contribution in [0, 0.1) is 0 Å². The summed E-state index contributed by atoms with van der Waals surface area (Å²) in [4.78, 5) is 4.34. The van der Waals surface area contributed by atoms with Gasteiger partial charge in [-0.3, -0.25) is 0 Å². The van der Waals surface area contributed by atoms with Crippen LogP contribution in [0.1, 0.15) is 43.7 Å². The average molecular weight is 271 g/mol. The van der Waals surface area contributed by atoms with E-state index in [0.717, 1.165) is 5.69 Å². The minimum atomic E-state index is 0.620. The molecule has 2 N–H and O–H groups in total. The Kier molecular flexibility index (Phi) is 3.63. The number of nitrogen functional groups attached to an aromatic ring is 1. The molecule has 0 unspecified atom stereocenters. The van der Waals surface area contributed by atoms with Crippen LogP contribution in [0.3, 0.4) is 0 Å². The number of hydrogen-bond acceptors (Lipinski definition) is 3. The minimum Gasteiger partial charge on any atom is -0.495 e. The number of rotatable bonds is 3. The number of benzene rings is 1. The predicted octanol–water partition coefficient (Wildman–Crippen LogP) is 3.51. The molecule has 106 valence electrons. The molecule has 1 aromatic carbocycles. The van der Waals surface area contributed by atoms with E-state index < -0.39 is 0 Å². The standard InChI is InChI=1S/C16H21N3O/c1-20-16-8-7-13(9-14(16)17)19-11-18-10-15(19)12-5-3-2-4-6-12/h7-12H,2-6,17H2,1H3. The van der Waals surface area contributed by atoms with Gasteiger partial charge >= 0.3 is 0 Å². The third-order valence-corrected chi connectivity index (χ3v) is 4.18. The van der Waals surface area contributed by atoms with Crippen molar-refractivity contribution in [1.29, 1.82) is 0 Å². The van der Waals surface area contributed by atoms with Crippen molar-refractivity contribution in [2.75, 3.05) is 12.8 Å². The van der Waals surface area contributed by atoms with Crippen molar-refractivity contribution >= 4 is 5.69 Å². The fourth-order valence-corrected chi connectivity index (χ4v) is 3.09. The second-order valence-corrected chi connectivity index (χ2v) is 5.45. The van der Waals surface area contributed by atoms with E-state index in [9.17, 15) is 0 Å². The molecule has 4 nitrogen and oxygen atoms in total. The number of nitrogens with two attached hydrogens (primary N) is 1. The lowest BCUT2D eigenvalue weighted by Crippen LogP contribution is -2.09. The zero-order chi connectivity index (χ0) is 13.9. The van der Waals surface area contributed by atoms with Gasteiger partial charge in [-0.15, -0.1) is 0 Å². The molecule has 1 heterocycles. The Hall–Kier alpha value is -1.97. The summed E-state index contributed by atoms with van der Waals surface area (Å²) in [5.74, 6) is 1.34. The molecule has 0 aliphatic heterocycles. The van der Waals surface area contributed by atoms with Gasteiger partial charge in [0.05, 0.1) is 19.1 Å². The molecule has 3 rings (SSSR count). The summed E-state index contributed by atoms with van der Waals surface area (Å²) in [6, 6.07) is 5.89. The maximum Gasteiger partial charge on any atom is 0.141 e. The van der Waals surface area contributed by atoms with Crippen molar-refractivity contribution < 1.29 is 4.74 Å². The van der Waals surface area contributed by atoms with E-state index in [1.807, 2.05) is 30.7 Å². The average Bonchev–Trinajstić information content (AvgIpc) is 2.97. The van der Waals surface area contributed by atoms with Gasteiger partial charge in [0.25, 0.3) is 0 Å². The van der Waals surface area contributed by atoms with E-state index in [0.29, 0.717) is 17.4 Å². The largest absolute Gasteiger partial charge is 0.495 e. The van der Waals surface area contributed by atoms with Crippen molar-refractivity contribution in [1.82, 2.24) is 9.55 Å². The molecule has 4 heteroatoms. The number of hydrogen-bond donors (Lipinski definition) is 1. The molecule has 0 bridgehead atoms. The van der Waals surface area contributed by atoms with E-state index in [1.54, 1.807) is 7.11 Å². The number of anilines is 1. The van der Waals surface area contributed by atoms with Crippen molar-refractivity contribution in [3.05, 3.63) is 36.4 Å². The molecule has 0 amide bonds. The number of nitrogens with zero attached hydrogens (tertiary/aromatic N) is 2. The van der Waals surface area contributed by atoms with Crippen molar-refractivity contribution in [2.45, 2.75) is 38.0 Å². The Morgan fingerprint density at radius 2 is 2.05 bits per heavy atom. The molecule has 20 heavy (non-hydrogen) atoms. The molecule has 1 aliphatic carbocycles. The van der Waals surface area contributed by atoms with E-state index >= 15 is 0 Å². The summed E-state index contributed by atoms with van der Waals surface area (Å²) in [6.07, 6.45) is 10.4. The lowest BCUT2D eigenvalue weighted by Gasteiger charge is -2.23. The van der Waals surface area contributed by atoms with Gasteiger partial charge < -0.3 is 15.0 Å². The van der Waals surface area contributed by atoms with Gasteiger partial charge in [0.15, 0.2) is 0 Å². The Bertz CT molecular complexity index is 585. The maximum absolute atomic E-state index is 6.01. The van der Waals surface area contributed by atoms with Crippen LogP contribution < -0.4 is 10.5 Å². The fourth-order valence-electron chi connectivity index (χ4n) is 3.09. The number of methoxy groups -OCH3 is 1. The molecule has 1 aliphatic rings. The van der Waals surface area contributed by atoms with E-state index in [2.05, 4.69) is 9.55 Å². The maximum atomic E-state index is 6.01. The van der Waals surface area contributed by atoms with Crippen LogP contribution in [0.4, 0.5) is 5.69 Å². The van der Waals surface area contributed by atoms with Gasteiger partial charge in [0.2, 0.25) is 0 Å². The van der Waals surface area contributed by atoms with E-state index in [1.165, 1.54) is 37.8 Å². The highest BCUT2D eigenvalue weighted by Crippen LogP contribution is 2.34. The first-order chi connectivity index (χ1) is 9.79. The molecule has 0 atom stereocenters. The number of imidazole rings is 1. The quantitative estimate of drug-likeness (QED) is 0.869. The summed E-state index contributed by atoms with van der Waals surface area (Å²) in [6.45, 7) is 0. The molecule has 0 radical (unpaired) electrons. The van der Waals surface area contributed by atoms with Crippen molar-refractivity contribution in [2.24, 2.45) is 0 Å². The van der Waals surface area contributed by atoms with E-state index in [4.69, 9.17) is 10.5 Å². The molecular formula is C16H21N3O. The molecule has 2 aromatic rings. The Morgan fingerprint density at radius 1 is 1.25 bits per heavy atom. The monoisotopic (exact) mass is 271 g/mol. The molecular weight excluding hydrogens is 250 g/mol. The van der Waals surface area contributed by atoms with Gasteiger partial charge in [0, 0.05) is 23.5 Å². The van der Waals surface area contributed by atoms with Gasteiger partial charge in [-0.2, -0.15) is 0 Å². The first kappa shape index (κ1) is 13.0. The number of ether oxygens (including phenoxy) is 1. The van der Waals surface area contributed by atoms with Gasteiger partial charge in [-0.1, -0.05) is 19.3 Å². The zero-order valence-electron chi connectivity index (χ0n) is 11.9. The minimum absolute atomic E-state index is 0.620. The van der Waals surface area contributed by atoms with Crippen LogP contribution in [0.5, 0.6) is 5.75 Å². The van der Waals surface area contributed by atoms with Crippen LogP contribution in [0.25, 0.3) is 5.69 Å². The lowest BCUT2D eigenvalue weighted by molar-refractivity contribution is 0.417. The molecule has 0 spiro atoms. The SMILES string of the molecule is COc1ccc(-n2cncc2C2CCCCC2)cc1N. The topological polar surface area (TPSA) is 53.1 Å². The zero-order valence-corrected chi connectivity index (χ0v) is 11.9. The van der Waals surface area contributed by atoms with Crippen LogP contribution >= 0.6 is 0 Å². The van der Waals surface area contributed by atoms with Gasteiger partial charge in [0.1, 0.15) is 5.75 Å². The molecule has 1 fully saturated rings. The smallest absolute Gasteiger partial charge is 0.141 e. The predicted molar refractivity (Wildman–Crippen MR) is 80.4 cm³/mol. The normalized spacial score (nSPS) is 16.2. The lowest BCUT2D eigenvalue weighted by atomic mass is 9.87. The Balaban J connectivity index is 1.94. The first-order valence-electron chi connectivity index (χ1n) is 7.25. The highest BCUT2D eigenvalue weighted by atomic mass is 16.5. The summed E-state index contributed by atoms with van der Waals surface area (Å²) in [7, 11) is 1.63. The third-order valence-electron chi connectivity index (χ3n) is 4.18. The number of aromatic nitrogens is 2. The molecule has 0 saturated heterocycles. The summed E-state index contributed by atoms with van der Waals surface area (Å²) in [5.41, 5.74) is 9.03. The van der Waals surface area contributed by atoms with E-state index in [-0.39, 0.29) is 0 Å². The summed E-state index contributed by atoms with van der Waals surface area (Å²) in [5, 5.41) is 0. The third kappa shape index (κ3) is 2.38. The highest BCUT2D eigenvalue weighted by molar-refractivity contribution is 5.58. The van der Waals surface area contributed by atoms with Crippen LogP contribution in [0.15, 0.2) is 30.7 Å². The van der Waals surface area contributed by atoms with Crippen LogP contribution in [-0.2, 0) is 0 Å². The van der Waals surface area contributed by atoms with Crippen molar-refractivity contribution in [3.63, 3.8) is 0 Å². The summed E-state index contributed by atoms with van der Waals surface area (Å²) >= 11 is 0. The highest BCUT2D eigenvalue weighted by Gasteiger charge is 2.19. The summed E-state index contributed by atoms with van der Waals surface area (Å²) < 4.78 is 7.37. The Labute approximate surface area is 119 Å². The van der Waals surface area contributed by atoms with Gasteiger partial charge in [-0.05, 0) is 31.0 Å². The van der Waals surface area contributed by atoms with Gasteiger partial charge in [-0.25, -0.2) is 4.98 Å². The van der Waals surface area contributed by atoms with Crippen molar-refractivity contribution in [3.8, 4) is 11.4 Å². The van der Waals surface area contributed by atoms with Crippen LogP contribution in [0.2, 0.25) is 0 Å². The molecule has 1 aromatic heterocycles. The van der Waals surface area contributed by atoms with Crippen LogP contribution in [-0.4, -0.2) is 16.7 Å².